The fourth-order valence-electron chi connectivity index (χ4n) is 3.18. The second kappa shape index (κ2) is 11.6. The molecule has 0 aromatic rings. The minimum absolute atomic E-state index is 0. The molecule has 2 fully saturated rings. The molecule has 134 valence electrons. The molecule has 1 aliphatic carbocycles. The average Bonchev–Trinajstić information content (AvgIpc) is 2.53. The molecule has 0 bridgehead atoms. The molecule has 1 unspecified atom stereocenters. The predicted octanol–water partition coefficient (Wildman–Crippen LogP) is 0.990. The summed E-state index contributed by atoms with van der Waals surface area (Å²) >= 11 is 0. The van der Waals surface area contributed by atoms with Gasteiger partial charge in [-0.1, -0.05) is 19.3 Å². The normalized spacial score (nSPS) is 22.0. The van der Waals surface area contributed by atoms with E-state index in [0.717, 1.165) is 6.54 Å². The van der Waals surface area contributed by atoms with Crippen molar-refractivity contribution >= 4 is 24.2 Å². The van der Waals surface area contributed by atoms with Gasteiger partial charge in [0.2, 0.25) is 11.8 Å². The maximum Gasteiger partial charge on any atom is 0.221 e. The highest BCUT2D eigenvalue weighted by atomic mass is 35.5. The van der Waals surface area contributed by atoms with E-state index in [0.29, 0.717) is 45.1 Å². The van der Waals surface area contributed by atoms with Crippen LogP contribution in [0.1, 0.15) is 44.9 Å². The van der Waals surface area contributed by atoms with Crippen molar-refractivity contribution in [2.24, 2.45) is 5.92 Å². The van der Waals surface area contributed by atoms with E-state index >= 15 is 0 Å². The van der Waals surface area contributed by atoms with E-state index in [4.69, 9.17) is 4.74 Å². The zero-order valence-corrected chi connectivity index (χ0v) is 14.6. The molecule has 2 aliphatic rings. The fraction of sp³-hybridized carbons (Fsp3) is 0.875. The summed E-state index contributed by atoms with van der Waals surface area (Å²) in [5.74, 6) is 0.675. The molecule has 0 aromatic carbocycles. The number of ether oxygens (including phenoxy) is 1. The summed E-state index contributed by atoms with van der Waals surface area (Å²) in [4.78, 5) is 23.6. The van der Waals surface area contributed by atoms with Gasteiger partial charge in [-0.2, -0.15) is 0 Å². The molecule has 0 radical (unpaired) electrons. The minimum Gasteiger partial charge on any atom is -0.378 e. The molecule has 3 N–H and O–H groups in total. The highest BCUT2D eigenvalue weighted by Gasteiger charge is 2.18. The molecule has 1 heterocycles. The fourth-order valence-corrected chi connectivity index (χ4v) is 3.18. The van der Waals surface area contributed by atoms with Gasteiger partial charge in [0.15, 0.2) is 0 Å². The van der Waals surface area contributed by atoms with Crippen LogP contribution in [0.4, 0.5) is 0 Å². The first-order valence-corrected chi connectivity index (χ1v) is 8.58. The second-order valence-electron chi connectivity index (χ2n) is 6.34. The molecular formula is C16H30ClN3O3. The van der Waals surface area contributed by atoms with Crippen LogP contribution >= 0.6 is 12.4 Å². The molecule has 2 rings (SSSR count). The van der Waals surface area contributed by atoms with Gasteiger partial charge in [-0.25, -0.2) is 0 Å². The Morgan fingerprint density at radius 2 is 1.65 bits per heavy atom. The van der Waals surface area contributed by atoms with Crippen LogP contribution in [0.25, 0.3) is 0 Å². The van der Waals surface area contributed by atoms with Crippen LogP contribution < -0.4 is 16.0 Å². The highest BCUT2D eigenvalue weighted by Crippen LogP contribution is 2.25. The summed E-state index contributed by atoms with van der Waals surface area (Å²) in [5, 5.41) is 8.98. The first-order chi connectivity index (χ1) is 10.7. The van der Waals surface area contributed by atoms with Gasteiger partial charge in [0, 0.05) is 38.5 Å². The molecule has 0 aromatic heterocycles. The van der Waals surface area contributed by atoms with Crippen LogP contribution in [-0.4, -0.2) is 50.7 Å². The van der Waals surface area contributed by atoms with Crippen LogP contribution in [0.3, 0.4) is 0 Å². The SMILES string of the molecule is Cl.O=C(CC1CCCCC1)NCCNC(=O)CC1COCCN1. The summed E-state index contributed by atoms with van der Waals surface area (Å²) in [6.45, 7) is 3.10. The lowest BCUT2D eigenvalue weighted by Gasteiger charge is -2.23. The number of hydrogen-bond acceptors (Lipinski definition) is 4. The number of nitrogens with one attached hydrogen (secondary N) is 3. The van der Waals surface area contributed by atoms with Crippen molar-refractivity contribution in [2.45, 2.75) is 51.0 Å². The third kappa shape index (κ3) is 8.53. The van der Waals surface area contributed by atoms with Crippen molar-refractivity contribution in [1.29, 1.82) is 0 Å². The van der Waals surface area contributed by atoms with Gasteiger partial charge in [-0.05, 0) is 18.8 Å². The van der Waals surface area contributed by atoms with Crippen LogP contribution in [0.2, 0.25) is 0 Å². The maximum atomic E-state index is 11.8. The molecule has 7 heteroatoms. The zero-order chi connectivity index (χ0) is 15.6. The van der Waals surface area contributed by atoms with E-state index in [1.54, 1.807) is 0 Å². The number of amides is 2. The number of halogens is 1. The number of rotatable bonds is 7. The van der Waals surface area contributed by atoms with Crippen LogP contribution in [0.5, 0.6) is 0 Å². The lowest BCUT2D eigenvalue weighted by molar-refractivity contribution is -0.124. The molecule has 2 amide bonds. The lowest BCUT2D eigenvalue weighted by Crippen LogP contribution is -2.45. The van der Waals surface area contributed by atoms with Crippen LogP contribution in [0, 0.1) is 5.92 Å². The minimum atomic E-state index is 0. The summed E-state index contributed by atoms with van der Waals surface area (Å²) in [7, 11) is 0. The van der Waals surface area contributed by atoms with E-state index < -0.39 is 0 Å². The van der Waals surface area contributed by atoms with Gasteiger partial charge in [0.25, 0.3) is 0 Å². The molecule has 1 saturated heterocycles. The highest BCUT2D eigenvalue weighted by molar-refractivity contribution is 5.85. The number of morpholine rings is 1. The Labute approximate surface area is 144 Å². The van der Waals surface area contributed by atoms with Gasteiger partial charge in [-0.3, -0.25) is 9.59 Å². The Hall–Kier alpha value is -0.850. The van der Waals surface area contributed by atoms with Crippen LogP contribution in [0.15, 0.2) is 0 Å². The molecule has 23 heavy (non-hydrogen) atoms. The Bertz CT molecular complexity index is 322. The maximum absolute atomic E-state index is 11.8. The van der Waals surface area contributed by atoms with Crippen molar-refractivity contribution in [1.82, 2.24) is 16.0 Å². The monoisotopic (exact) mass is 347 g/mol. The third-order valence-electron chi connectivity index (χ3n) is 4.40. The largest absolute Gasteiger partial charge is 0.378 e. The molecule has 0 spiro atoms. The molecule has 1 aliphatic heterocycles. The first kappa shape index (κ1) is 20.2. The van der Waals surface area contributed by atoms with Crippen molar-refractivity contribution in [3.63, 3.8) is 0 Å². The van der Waals surface area contributed by atoms with Gasteiger partial charge >= 0.3 is 0 Å². The van der Waals surface area contributed by atoms with Gasteiger partial charge < -0.3 is 20.7 Å². The average molecular weight is 348 g/mol. The Morgan fingerprint density at radius 1 is 1.00 bits per heavy atom. The molecule has 1 saturated carbocycles. The lowest BCUT2D eigenvalue weighted by atomic mass is 9.87. The summed E-state index contributed by atoms with van der Waals surface area (Å²) in [5.41, 5.74) is 0. The molecule has 1 atom stereocenters. The Balaban J connectivity index is 0.00000264. The number of carbonyl (C=O) groups excluding carboxylic acids is 2. The summed E-state index contributed by atoms with van der Waals surface area (Å²) in [6.07, 6.45) is 7.25. The van der Waals surface area contributed by atoms with E-state index in [1.165, 1.54) is 32.1 Å². The van der Waals surface area contributed by atoms with E-state index in [9.17, 15) is 9.59 Å². The zero-order valence-electron chi connectivity index (χ0n) is 13.8. The molecule has 6 nitrogen and oxygen atoms in total. The number of carbonyl (C=O) groups is 2. The van der Waals surface area contributed by atoms with Crippen molar-refractivity contribution in [3.05, 3.63) is 0 Å². The van der Waals surface area contributed by atoms with E-state index in [2.05, 4.69) is 16.0 Å². The molecular weight excluding hydrogens is 318 g/mol. The quantitative estimate of drug-likeness (QED) is 0.600. The van der Waals surface area contributed by atoms with Crippen LogP contribution in [-0.2, 0) is 14.3 Å². The third-order valence-corrected chi connectivity index (χ3v) is 4.40. The van der Waals surface area contributed by atoms with E-state index in [1.807, 2.05) is 0 Å². The number of hydrogen-bond donors (Lipinski definition) is 3. The second-order valence-corrected chi connectivity index (χ2v) is 6.34. The summed E-state index contributed by atoms with van der Waals surface area (Å²) < 4.78 is 5.31. The summed E-state index contributed by atoms with van der Waals surface area (Å²) in [6, 6.07) is 0.106. The van der Waals surface area contributed by atoms with Crippen molar-refractivity contribution in [3.8, 4) is 0 Å². The predicted molar refractivity (Wildman–Crippen MR) is 91.7 cm³/mol. The van der Waals surface area contributed by atoms with Gasteiger partial charge in [-0.15, -0.1) is 12.4 Å². The Morgan fingerprint density at radius 3 is 2.26 bits per heavy atom. The van der Waals surface area contributed by atoms with E-state index in [-0.39, 0.29) is 30.3 Å². The van der Waals surface area contributed by atoms with Gasteiger partial charge in [0.1, 0.15) is 0 Å². The van der Waals surface area contributed by atoms with Crippen molar-refractivity contribution in [2.75, 3.05) is 32.8 Å². The van der Waals surface area contributed by atoms with Crippen molar-refractivity contribution < 1.29 is 14.3 Å². The topological polar surface area (TPSA) is 79.5 Å². The standard InChI is InChI=1S/C16H29N3O3.ClH/c20-15(10-13-4-2-1-3-5-13)18-6-7-19-16(21)11-14-12-22-9-8-17-14;/h13-14,17H,1-12H2,(H,18,20)(H,19,21);1H. The van der Waals surface area contributed by atoms with Gasteiger partial charge in [0.05, 0.1) is 13.2 Å². The first-order valence-electron chi connectivity index (χ1n) is 8.58. The smallest absolute Gasteiger partial charge is 0.221 e. The Kier molecular flexibility index (Phi) is 10.2.